The number of halogens is 1. The maximum Gasteiger partial charge on any atom is 0.264 e. The molecule has 0 heterocycles. The lowest BCUT2D eigenvalue weighted by Gasteiger charge is -2.34. The molecule has 0 radical (unpaired) electrons. The number of hydrogen-bond acceptors (Lipinski definition) is 6. The molecule has 4 aromatic carbocycles. The predicted molar refractivity (Wildman–Crippen MR) is 187 cm³/mol. The SMILES string of the molecule is COc1ccc(N(CC(=O)N(Cc2ccc(Cl)cc2)[C@@H](Cc2ccccc2)C(=O)NC2CCCC2)S(=O)(=O)c2ccccc2)cc1OC. The largest absolute Gasteiger partial charge is 0.493 e. The van der Waals surface area contributed by atoms with E-state index in [-0.39, 0.29) is 35.5 Å². The van der Waals surface area contributed by atoms with E-state index >= 15 is 0 Å². The van der Waals surface area contributed by atoms with Gasteiger partial charge in [-0.05, 0) is 60.4 Å². The summed E-state index contributed by atoms with van der Waals surface area (Å²) in [4.78, 5) is 30.3. The van der Waals surface area contributed by atoms with Crippen LogP contribution in [0.25, 0.3) is 0 Å². The standard InChI is InChI=1S/C37H40ClN3O6S/c1-46-34-22-21-31(24-35(34)47-2)41(48(44,45)32-15-7-4-8-16-32)26-36(42)40(25-28-17-19-29(38)20-18-28)33(23-27-11-5-3-6-12-27)37(43)39-30-13-9-10-14-30/h3-8,11-12,15-22,24,30,33H,9-10,13-14,23,25-26H2,1-2H3,(H,39,43)/t33-/m0/s1. The van der Waals surface area contributed by atoms with Crippen molar-refractivity contribution in [2.24, 2.45) is 0 Å². The molecule has 11 heteroatoms. The summed E-state index contributed by atoms with van der Waals surface area (Å²) in [7, 11) is -1.32. The van der Waals surface area contributed by atoms with Crippen LogP contribution in [0, 0.1) is 0 Å². The van der Waals surface area contributed by atoms with Gasteiger partial charge in [0.15, 0.2) is 11.5 Å². The molecule has 0 saturated heterocycles. The van der Waals surface area contributed by atoms with E-state index in [2.05, 4.69) is 5.32 Å². The normalized spacial score (nSPS) is 13.8. The molecule has 1 saturated carbocycles. The fourth-order valence-electron chi connectivity index (χ4n) is 5.94. The van der Waals surface area contributed by atoms with Crippen LogP contribution in [0.1, 0.15) is 36.8 Å². The van der Waals surface area contributed by atoms with Crippen molar-refractivity contribution in [3.8, 4) is 11.5 Å². The van der Waals surface area contributed by atoms with Gasteiger partial charge in [-0.15, -0.1) is 0 Å². The van der Waals surface area contributed by atoms with Crippen molar-refractivity contribution in [2.75, 3.05) is 25.1 Å². The molecule has 1 atom stereocenters. The first-order valence-corrected chi connectivity index (χ1v) is 17.7. The maximum atomic E-state index is 14.7. The number of amides is 2. The van der Waals surface area contributed by atoms with Crippen LogP contribution in [0.3, 0.4) is 0 Å². The number of sulfonamides is 1. The van der Waals surface area contributed by atoms with Crippen LogP contribution in [0.5, 0.6) is 11.5 Å². The Bertz CT molecular complexity index is 1780. The first kappa shape index (κ1) is 34.8. The zero-order chi connectivity index (χ0) is 34.1. The minimum atomic E-state index is -4.26. The van der Waals surface area contributed by atoms with Crippen molar-refractivity contribution >= 4 is 39.1 Å². The molecular formula is C37H40ClN3O6S. The molecule has 9 nitrogen and oxygen atoms in total. The van der Waals surface area contributed by atoms with Gasteiger partial charge >= 0.3 is 0 Å². The highest BCUT2D eigenvalue weighted by Gasteiger charge is 2.35. The summed E-state index contributed by atoms with van der Waals surface area (Å²) < 4.78 is 40.4. The third-order valence-electron chi connectivity index (χ3n) is 8.50. The summed E-state index contributed by atoms with van der Waals surface area (Å²) in [6.07, 6.45) is 4.04. The molecule has 1 aliphatic carbocycles. The Labute approximate surface area is 287 Å². The molecular weight excluding hydrogens is 650 g/mol. The average molecular weight is 690 g/mol. The lowest BCUT2D eigenvalue weighted by atomic mass is 10.0. The highest BCUT2D eigenvalue weighted by atomic mass is 35.5. The van der Waals surface area contributed by atoms with Gasteiger partial charge in [-0.25, -0.2) is 8.42 Å². The Morgan fingerprint density at radius 2 is 1.46 bits per heavy atom. The molecule has 1 aliphatic rings. The van der Waals surface area contributed by atoms with Crippen LogP contribution in [-0.4, -0.2) is 58.0 Å². The second-order valence-corrected chi connectivity index (χ2v) is 14.0. The van der Waals surface area contributed by atoms with E-state index in [1.807, 2.05) is 30.3 Å². The zero-order valence-corrected chi connectivity index (χ0v) is 28.6. The van der Waals surface area contributed by atoms with Gasteiger partial charge in [-0.2, -0.15) is 0 Å². The predicted octanol–water partition coefficient (Wildman–Crippen LogP) is 6.25. The summed E-state index contributed by atoms with van der Waals surface area (Å²) in [5, 5.41) is 3.71. The van der Waals surface area contributed by atoms with Gasteiger partial charge in [0.05, 0.1) is 24.8 Å². The molecule has 48 heavy (non-hydrogen) atoms. The van der Waals surface area contributed by atoms with Crippen LogP contribution in [0.4, 0.5) is 5.69 Å². The Kier molecular flexibility index (Phi) is 11.6. The minimum Gasteiger partial charge on any atom is -0.493 e. The minimum absolute atomic E-state index is 0.0108. The maximum absolute atomic E-state index is 14.7. The highest BCUT2D eigenvalue weighted by molar-refractivity contribution is 7.92. The van der Waals surface area contributed by atoms with Gasteiger partial charge < -0.3 is 19.7 Å². The van der Waals surface area contributed by atoms with Crippen molar-refractivity contribution in [3.63, 3.8) is 0 Å². The van der Waals surface area contributed by atoms with Crippen molar-refractivity contribution in [2.45, 2.75) is 55.6 Å². The number of carbonyl (C=O) groups is 2. The summed E-state index contributed by atoms with van der Waals surface area (Å²) >= 11 is 6.18. The lowest BCUT2D eigenvalue weighted by molar-refractivity contribution is -0.140. The molecule has 5 rings (SSSR count). The molecule has 0 bridgehead atoms. The van der Waals surface area contributed by atoms with Crippen LogP contribution in [0.2, 0.25) is 5.02 Å². The summed E-state index contributed by atoms with van der Waals surface area (Å²) in [6, 6.07) is 28.2. The van der Waals surface area contributed by atoms with Gasteiger partial charge in [0.1, 0.15) is 12.6 Å². The number of methoxy groups -OCH3 is 2. The monoisotopic (exact) mass is 689 g/mol. The van der Waals surface area contributed by atoms with E-state index in [0.717, 1.165) is 41.1 Å². The van der Waals surface area contributed by atoms with Crippen LogP contribution in [0.15, 0.2) is 108 Å². The Morgan fingerprint density at radius 1 is 0.833 bits per heavy atom. The number of carbonyl (C=O) groups excluding carboxylic acids is 2. The highest BCUT2D eigenvalue weighted by Crippen LogP contribution is 2.34. The molecule has 0 spiro atoms. The average Bonchev–Trinajstić information content (AvgIpc) is 3.63. The summed E-state index contributed by atoms with van der Waals surface area (Å²) in [5.41, 5.74) is 1.81. The third-order valence-corrected chi connectivity index (χ3v) is 10.5. The van der Waals surface area contributed by atoms with Crippen molar-refractivity contribution in [1.82, 2.24) is 10.2 Å². The van der Waals surface area contributed by atoms with Gasteiger partial charge in [0, 0.05) is 30.1 Å². The molecule has 1 fully saturated rings. The first-order valence-electron chi connectivity index (χ1n) is 15.9. The molecule has 4 aromatic rings. The Balaban J connectivity index is 1.58. The zero-order valence-electron chi connectivity index (χ0n) is 27.0. The smallest absolute Gasteiger partial charge is 0.264 e. The molecule has 2 amide bonds. The molecule has 0 unspecified atom stereocenters. The van der Waals surface area contributed by atoms with Gasteiger partial charge in [-0.3, -0.25) is 13.9 Å². The molecule has 1 N–H and O–H groups in total. The van der Waals surface area contributed by atoms with E-state index < -0.39 is 28.5 Å². The summed E-state index contributed by atoms with van der Waals surface area (Å²) in [5.74, 6) is -0.134. The van der Waals surface area contributed by atoms with E-state index in [0.29, 0.717) is 16.5 Å². The topological polar surface area (TPSA) is 105 Å². The second kappa shape index (κ2) is 16.0. The third kappa shape index (κ3) is 8.48. The quantitative estimate of drug-likeness (QED) is 0.168. The number of ether oxygens (including phenoxy) is 2. The van der Waals surface area contributed by atoms with Crippen LogP contribution < -0.4 is 19.1 Å². The van der Waals surface area contributed by atoms with Crippen LogP contribution >= 0.6 is 11.6 Å². The summed E-state index contributed by atoms with van der Waals surface area (Å²) in [6.45, 7) is -0.529. The van der Waals surface area contributed by atoms with Crippen molar-refractivity contribution in [3.05, 3.63) is 119 Å². The van der Waals surface area contributed by atoms with E-state index in [4.69, 9.17) is 21.1 Å². The number of hydrogen-bond donors (Lipinski definition) is 1. The number of nitrogens with one attached hydrogen (secondary N) is 1. The fourth-order valence-corrected chi connectivity index (χ4v) is 7.49. The number of rotatable bonds is 14. The molecule has 0 aliphatic heterocycles. The fraction of sp³-hybridized carbons (Fsp3) is 0.297. The number of anilines is 1. The van der Waals surface area contributed by atoms with Crippen LogP contribution in [-0.2, 0) is 32.6 Å². The van der Waals surface area contributed by atoms with Crippen molar-refractivity contribution in [1.29, 1.82) is 0 Å². The van der Waals surface area contributed by atoms with Gasteiger partial charge in [-0.1, -0.05) is 85.1 Å². The van der Waals surface area contributed by atoms with E-state index in [9.17, 15) is 18.0 Å². The molecule has 0 aromatic heterocycles. The van der Waals surface area contributed by atoms with E-state index in [1.165, 1.54) is 37.3 Å². The Hall–Kier alpha value is -4.54. The van der Waals surface area contributed by atoms with Gasteiger partial charge in [0.25, 0.3) is 10.0 Å². The number of benzene rings is 4. The van der Waals surface area contributed by atoms with E-state index in [1.54, 1.807) is 54.6 Å². The second-order valence-electron chi connectivity index (χ2n) is 11.7. The lowest BCUT2D eigenvalue weighted by Crippen LogP contribution is -2.54. The Morgan fingerprint density at radius 3 is 2.08 bits per heavy atom. The molecule has 252 valence electrons. The van der Waals surface area contributed by atoms with Gasteiger partial charge in [0.2, 0.25) is 11.8 Å². The van der Waals surface area contributed by atoms with Crippen molar-refractivity contribution < 1.29 is 27.5 Å². The number of nitrogens with zero attached hydrogens (tertiary/aromatic N) is 2. The first-order chi connectivity index (χ1) is 23.2.